The predicted octanol–water partition coefficient (Wildman–Crippen LogP) is 5.15. The lowest BCUT2D eigenvalue weighted by atomic mass is 10.0. The summed E-state index contributed by atoms with van der Waals surface area (Å²) in [5.41, 5.74) is 0.858. The fourth-order valence-electron chi connectivity index (χ4n) is 4.43. The minimum atomic E-state index is -3.09. The second-order valence-electron chi connectivity index (χ2n) is 9.76. The number of benzene rings is 1. The van der Waals surface area contributed by atoms with Gasteiger partial charge in [-0.3, -0.25) is 15.1 Å². The molecule has 1 unspecified atom stereocenters. The van der Waals surface area contributed by atoms with Crippen molar-refractivity contribution >= 4 is 46.7 Å². The van der Waals surface area contributed by atoms with E-state index in [0.717, 1.165) is 37.0 Å². The zero-order valence-electron chi connectivity index (χ0n) is 21.9. The summed E-state index contributed by atoms with van der Waals surface area (Å²) in [4.78, 5) is 29.7. The van der Waals surface area contributed by atoms with Gasteiger partial charge in [-0.2, -0.15) is 13.5 Å². The first-order chi connectivity index (χ1) is 20.2. The van der Waals surface area contributed by atoms with Crippen LogP contribution in [0.2, 0.25) is 10.0 Å². The number of rotatable bonds is 12. The van der Waals surface area contributed by atoms with Crippen LogP contribution in [0.4, 0.5) is 8.78 Å². The van der Waals surface area contributed by atoms with E-state index in [0.29, 0.717) is 40.7 Å². The van der Waals surface area contributed by atoms with E-state index < -0.39 is 29.3 Å². The third-order valence-corrected chi connectivity index (χ3v) is 8.74. The molecule has 3 heterocycles. The first kappa shape index (κ1) is 30.3. The fraction of sp³-hybridized carbons (Fsp3) is 0.357. The van der Waals surface area contributed by atoms with Crippen molar-refractivity contribution in [2.75, 3.05) is 18.9 Å². The van der Waals surface area contributed by atoms with Gasteiger partial charge in [0.25, 0.3) is 0 Å². The lowest BCUT2D eigenvalue weighted by Crippen LogP contribution is -2.53. The molecule has 2 atom stereocenters. The maximum Gasteiger partial charge on any atom is 0.387 e. The second kappa shape index (κ2) is 13.0. The van der Waals surface area contributed by atoms with Gasteiger partial charge >= 0.3 is 12.6 Å². The largest absolute Gasteiger partial charge is 0.619 e. The molecule has 3 aromatic rings. The van der Waals surface area contributed by atoms with Crippen LogP contribution in [0, 0.1) is 11.1 Å². The Labute approximate surface area is 254 Å². The van der Waals surface area contributed by atoms with Crippen molar-refractivity contribution in [3.63, 3.8) is 0 Å². The fourth-order valence-corrected chi connectivity index (χ4v) is 6.15. The van der Waals surface area contributed by atoms with Crippen LogP contribution in [0.3, 0.4) is 0 Å². The van der Waals surface area contributed by atoms with E-state index in [1.54, 1.807) is 12.1 Å². The highest BCUT2D eigenvalue weighted by Gasteiger charge is 2.51. The Morgan fingerprint density at radius 2 is 1.95 bits per heavy atom. The first-order valence-corrected chi connectivity index (χ1v) is 14.7. The number of esters is 1. The molecule has 222 valence electrons. The van der Waals surface area contributed by atoms with Crippen molar-refractivity contribution < 1.29 is 37.3 Å². The van der Waals surface area contributed by atoms with E-state index in [4.69, 9.17) is 32.7 Å². The minimum absolute atomic E-state index is 0.0240. The summed E-state index contributed by atoms with van der Waals surface area (Å²) in [5, 5.41) is 14.9. The van der Waals surface area contributed by atoms with Crippen molar-refractivity contribution in [3.8, 4) is 11.5 Å². The smallest absolute Gasteiger partial charge is 0.387 e. The van der Waals surface area contributed by atoms with E-state index in [2.05, 4.69) is 15.0 Å². The minimum Gasteiger partial charge on any atom is -0.619 e. The summed E-state index contributed by atoms with van der Waals surface area (Å²) in [6.45, 7) is -2.41. The predicted molar refractivity (Wildman–Crippen MR) is 151 cm³/mol. The molecule has 1 saturated carbocycles. The number of nitrogens with zero attached hydrogens (tertiary/aromatic N) is 2. The van der Waals surface area contributed by atoms with E-state index in [-0.39, 0.29) is 33.5 Å². The lowest BCUT2D eigenvalue weighted by molar-refractivity contribution is -0.605. The third kappa shape index (κ3) is 6.88. The molecule has 2 aromatic heterocycles. The summed E-state index contributed by atoms with van der Waals surface area (Å²) in [6, 6.07) is 7.33. The number of Topliss-reactive ketones (excluding diaryl/α,β-unsaturated/α-hetero) is 1. The van der Waals surface area contributed by atoms with Gasteiger partial charge in [0.1, 0.15) is 16.1 Å². The van der Waals surface area contributed by atoms with Gasteiger partial charge in [0, 0.05) is 42.2 Å². The number of hydrogen-bond acceptors (Lipinski definition) is 9. The Balaban J connectivity index is 1.52. The van der Waals surface area contributed by atoms with Crippen molar-refractivity contribution in [1.29, 1.82) is 0 Å². The van der Waals surface area contributed by atoms with E-state index in [9.17, 15) is 23.6 Å². The van der Waals surface area contributed by atoms with Crippen LogP contribution in [-0.2, 0) is 16.0 Å². The Kier molecular flexibility index (Phi) is 9.36. The Morgan fingerprint density at radius 1 is 1.19 bits per heavy atom. The van der Waals surface area contributed by atoms with Crippen LogP contribution in [0.25, 0.3) is 0 Å². The zero-order valence-corrected chi connectivity index (χ0v) is 24.3. The molecular formula is C28H25Cl2F2N3O6S. The molecular weight excluding hydrogens is 615 g/mol. The standard InChI is InChI=1S/C28H25Cl2F2N3O6S/c29-20-13-35(38)14-21(30)19(20)11-23(17-5-6-22(41-27(31)32)24(10-17)39-15-16-3-4-16)40-26(37)28(34-8-9-42-28)25(36)18-2-1-7-33-12-18/h1-2,5-7,10,12-14,16,23,27,34H,3-4,8-9,11,15H2/t23-,28?/m0/s1. The maximum absolute atomic E-state index is 13.9. The number of halogens is 4. The highest BCUT2D eigenvalue weighted by molar-refractivity contribution is 8.02. The molecule has 2 fully saturated rings. The normalized spacial score (nSPS) is 19.0. The number of carbonyl (C=O) groups excluding carboxylic acids is 2. The maximum atomic E-state index is 13.9. The molecule has 1 aliphatic heterocycles. The molecule has 9 nitrogen and oxygen atoms in total. The summed E-state index contributed by atoms with van der Waals surface area (Å²) in [7, 11) is 0. The van der Waals surface area contributed by atoms with Crippen molar-refractivity contribution in [3.05, 3.63) is 87.1 Å². The highest BCUT2D eigenvalue weighted by atomic mass is 35.5. The van der Waals surface area contributed by atoms with Gasteiger partial charge in [-0.25, -0.2) is 4.79 Å². The van der Waals surface area contributed by atoms with Crippen molar-refractivity contribution in [2.45, 2.75) is 36.8 Å². The molecule has 0 amide bonds. The molecule has 1 aromatic carbocycles. The molecule has 1 saturated heterocycles. The highest BCUT2D eigenvalue weighted by Crippen LogP contribution is 2.40. The molecule has 0 radical (unpaired) electrons. The first-order valence-electron chi connectivity index (χ1n) is 13.0. The van der Waals surface area contributed by atoms with Gasteiger partial charge in [0.2, 0.25) is 10.7 Å². The molecule has 42 heavy (non-hydrogen) atoms. The van der Waals surface area contributed by atoms with Crippen LogP contribution in [0.15, 0.2) is 55.1 Å². The van der Waals surface area contributed by atoms with Crippen LogP contribution in [0.1, 0.15) is 40.4 Å². The van der Waals surface area contributed by atoms with Crippen LogP contribution in [-0.4, -0.2) is 47.1 Å². The third-order valence-electron chi connectivity index (χ3n) is 6.75. The summed E-state index contributed by atoms with van der Waals surface area (Å²) >= 11 is 13.8. The average Bonchev–Trinajstić information content (AvgIpc) is 3.66. The van der Waals surface area contributed by atoms with Crippen LogP contribution >= 0.6 is 35.0 Å². The van der Waals surface area contributed by atoms with Crippen LogP contribution in [0.5, 0.6) is 11.5 Å². The van der Waals surface area contributed by atoms with Gasteiger partial charge in [-0.15, -0.1) is 11.8 Å². The Bertz CT molecular complexity index is 1440. The second-order valence-corrected chi connectivity index (χ2v) is 11.9. The molecule has 5 rings (SSSR count). The Hall–Kier alpha value is -3.19. The number of ether oxygens (including phenoxy) is 3. The summed E-state index contributed by atoms with van der Waals surface area (Å²) in [6.07, 6.45) is 5.78. The number of aromatic nitrogens is 2. The van der Waals surface area contributed by atoms with Gasteiger partial charge in [-0.05, 0) is 48.6 Å². The average molecular weight is 640 g/mol. The molecule has 1 N–H and O–H groups in total. The van der Waals surface area contributed by atoms with Gasteiger partial charge in [0.15, 0.2) is 23.9 Å². The lowest BCUT2D eigenvalue weighted by Gasteiger charge is -2.28. The molecule has 1 aliphatic carbocycles. The number of pyridine rings is 2. The number of carbonyl (C=O) groups is 2. The van der Waals surface area contributed by atoms with E-state index in [1.807, 2.05) is 0 Å². The molecule has 0 bridgehead atoms. The molecule has 14 heteroatoms. The number of hydrogen-bond donors (Lipinski definition) is 1. The monoisotopic (exact) mass is 639 g/mol. The topological polar surface area (TPSA) is 114 Å². The van der Waals surface area contributed by atoms with Crippen LogP contribution < -0.4 is 19.5 Å². The zero-order chi connectivity index (χ0) is 29.9. The number of ketones is 1. The van der Waals surface area contributed by atoms with Gasteiger partial charge < -0.3 is 19.4 Å². The van der Waals surface area contributed by atoms with E-state index in [1.165, 1.54) is 30.6 Å². The Morgan fingerprint density at radius 3 is 2.57 bits per heavy atom. The van der Waals surface area contributed by atoms with Gasteiger partial charge in [0.05, 0.1) is 6.61 Å². The summed E-state index contributed by atoms with van der Waals surface area (Å²) in [5.74, 6) is -0.772. The molecule has 2 aliphatic rings. The quantitative estimate of drug-likeness (QED) is 0.0944. The van der Waals surface area contributed by atoms with Crippen molar-refractivity contribution in [1.82, 2.24) is 10.3 Å². The summed E-state index contributed by atoms with van der Waals surface area (Å²) < 4.78 is 43.2. The van der Waals surface area contributed by atoms with E-state index >= 15 is 0 Å². The van der Waals surface area contributed by atoms with Gasteiger partial charge in [-0.1, -0.05) is 29.3 Å². The number of alkyl halides is 2. The molecule has 0 spiro atoms. The van der Waals surface area contributed by atoms with Crippen molar-refractivity contribution in [2.24, 2.45) is 5.92 Å². The number of thioether (sulfide) groups is 1. The SMILES string of the molecule is O=C(O[C@@H](Cc1c(Cl)c[n+]([O-])cc1Cl)c1ccc(OC(F)F)c(OCC2CC2)c1)C1(C(=O)c2cccnc2)NCCS1. The number of nitrogens with one attached hydrogen (secondary N) is 1.